The Morgan fingerprint density at radius 2 is 2.20 bits per heavy atom. The van der Waals surface area contributed by atoms with Crippen LogP contribution in [0.1, 0.15) is 12.5 Å². The van der Waals surface area contributed by atoms with Crippen LogP contribution >= 0.6 is 0 Å². The van der Waals surface area contributed by atoms with Crippen LogP contribution < -0.4 is 22.0 Å². The summed E-state index contributed by atoms with van der Waals surface area (Å²) in [7, 11) is 0. The highest BCUT2D eigenvalue weighted by molar-refractivity contribution is 5.86. The first-order valence-electron chi connectivity index (χ1n) is 6.89. The molecule has 4 N–H and O–H groups in total. The third-order valence-electron chi connectivity index (χ3n) is 2.93. The molecule has 12 heteroatoms. The van der Waals surface area contributed by atoms with E-state index < -0.39 is 28.1 Å². The largest absolute Gasteiger partial charge is 0.353 e. The highest BCUT2D eigenvalue weighted by Crippen LogP contribution is 2.11. The highest BCUT2D eigenvalue weighted by Gasteiger charge is 2.14. The van der Waals surface area contributed by atoms with E-state index in [4.69, 9.17) is 0 Å². The highest BCUT2D eigenvalue weighted by atomic mass is 16.6. The summed E-state index contributed by atoms with van der Waals surface area (Å²) in [6, 6.07) is 4.80. The van der Waals surface area contributed by atoms with Crippen molar-refractivity contribution in [2.75, 3.05) is 5.32 Å². The van der Waals surface area contributed by atoms with Gasteiger partial charge in [0.15, 0.2) is 0 Å². The van der Waals surface area contributed by atoms with Crippen LogP contribution in [0.15, 0.2) is 39.0 Å². The number of nitro groups is 1. The molecule has 1 heterocycles. The normalized spacial score (nSPS) is 11.9. The quantitative estimate of drug-likeness (QED) is 0.304. The number of hydrogen-bond donors (Lipinski definition) is 4. The van der Waals surface area contributed by atoms with Crippen molar-refractivity contribution in [2.24, 2.45) is 5.10 Å². The Hall–Kier alpha value is -3.83. The van der Waals surface area contributed by atoms with Crippen molar-refractivity contribution < 1.29 is 9.72 Å². The molecule has 0 saturated carbocycles. The summed E-state index contributed by atoms with van der Waals surface area (Å²) >= 11 is 0. The van der Waals surface area contributed by atoms with Crippen molar-refractivity contribution in [3.05, 3.63) is 60.8 Å². The van der Waals surface area contributed by atoms with Crippen molar-refractivity contribution in [3.8, 4) is 0 Å². The van der Waals surface area contributed by atoms with Crippen LogP contribution in [-0.2, 0) is 4.79 Å². The number of hydrogen-bond acceptors (Lipinski definition) is 8. The van der Waals surface area contributed by atoms with Gasteiger partial charge in [0.2, 0.25) is 5.82 Å². The van der Waals surface area contributed by atoms with Crippen molar-refractivity contribution in [2.45, 2.75) is 13.0 Å². The second-order valence-corrected chi connectivity index (χ2v) is 4.81. The number of anilines is 1. The summed E-state index contributed by atoms with van der Waals surface area (Å²) in [6.07, 6.45) is 1.24. The Labute approximate surface area is 139 Å². The Balaban J connectivity index is 1.97. The van der Waals surface area contributed by atoms with Gasteiger partial charge in [0.1, 0.15) is 6.04 Å². The van der Waals surface area contributed by atoms with E-state index in [9.17, 15) is 24.5 Å². The molecule has 0 saturated heterocycles. The van der Waals surface area contributed by atoms with Crippen LogP contribution in [0.2, 0.25) is 0 Å². The minimum atomic E-state index is -0.887. The lowest BCUT2D eigenvalue weighted by Gasteiger charge is -2.11. The smallest absolute Gasteiger partial charge is 0.342 e. The van der Waals surface area contributed by atoms with Gasteiger partial charge in [-0.3, -0.25) is 24.7 Å². The first kappa shape index (κ1) is 17.5. The average Bonchev–Trinajstić information content (AvgIpc) is 2.57. The van der Waals surface area contributed by atoms with Gasteiger partial charge in [-0.25, -0.2) is 15.3 Å². The molecule has 1 unspecified atom stereocenters. The van der Waals surface area contributed by atoms with E-state index in [0.29, 0.717) is 5.56 Å². The van der Waals surface area contributed by atoms with Gasteiger partial charge in [-0.1, -0.05) is 12.1 Å². The predicted octanol–water partition coefficient (Wildman–Crippen LogP) is -0.683. The molecule has 2 aromatic rings. The zero-order valence-corrected chi connectivity index (χ0v) is 12.8. The number of aromatic nitrogens is 3. The topological polar surface area (TPSA) is 175 Å². The van der Waals surface area contributed by atoms with Crippen molar-refractivity contribution in [1.82, 2.24) is 20.6 Å². The second-order valence-electron chi connectivity index (χ2n) is 4.81. The summed E-state index contributed by atoms with van der Waals surface area (Å²) in [6.45, 7) is 1.45. The van der Waals surface area contributed by atoms with Gasteiger partial charge in [0.25, 0.3) is 17.2 Å². The Kier molecular flexibility index (Phi) is 5.35. The minimum Gasteiger partial charge on any atom is -0.353 e. The number of nitro benzene ring substituents is 1. The first-order valence-corrected chi connectivity index (χ1v) is 6.89. The van der Waals surface area contributed by atoms with Gasteiger partial charge in [-0.15, -0.1) is 5.10 Å². The number of aromatic amines is 2. The molecule has 1 aromatic carbocycles. The lowest BCUT2D eigenvalue weighted by Crippen LogP contribution is -2.38. The van der Waals surface area contributed by atoms with Gasteiger partial charge in [-0.05, 0) is 6.92 Å². The number of rotatable bonds is 6. The van der Waals surface area contributed by atoms with Gasteiger partial charge in [0, 0.05) is 17.7 Å². The Morgan fingerprint density at radius 3 is 2.88 bits per heavy atom. The van der Waals surface area contributed by atoms with E-state index in [2.05, 4.69) is 20.9 Å². The molecule has 1 aromatic heterocycles. The number of amides is 1. The summed E-state index contributed by atoms with van der Waals surface area (Å²) < 4.78 is 0. The Morgan fingerprint density at radius 1 is 1.44 bits per heavy atom. The number of carbonyl (C=O) groups excluding carboxylic acids is 1. The zero-order valence-electron chi connectivity index (χ0n) is 12.8. The molecule has 12 nitrogen and oxygen atoms in total. The van der Waals surface area contributed by atoms with E-state index in [0.717, 1.165) is 0 Å². The molecular formula is C13H13N7O5. The monoisotopic (exact) mass is 347 g/mol. The number of nitrogens with one attached hydrogen (secondary N) is 4. The van der Waals surface area contributed by atoms with Crippen molar-refractivity contribution in [3.63, 3.8) is 0 Å². The molecule has 1 amide bonds. The standard InChI is InChI=1S/C13H13N7O5/c1-7(15-10-12(22)16-13(23)19-17-10)11(21)18-14-6-8-3-2-4-9(5-8)20(24)25/h2-7H,1H3,(H,15,17)(H,18,21)(H2,16,19,22,23)/b14-6+. The number of H-pyrrole nitrogens is 2. The number of benzene rings is 1. The van der Waals surface area contributed by atoms with E-state index in [-0.39, 0.29) is 11.5 Å². The molecular weight excluding hydrogens is 334 g/mol. The van der Waals surface area contributed by atoms with Crippen LogP contribution in [0, 0.1) is 10.1 Å². The van der Waals surface area contributed by atoms with Crippen LogP contribution in [0.25, 0.3) is 0 Å². The molecule has 25 heavy (non-hydrogen) atoms. The number of hydrazone groups is 1. The minimum absolute atomic E-state index is 0.103. The van der Waals surface area contributed by atoms with Gasteiger partial charge in [0.05, 0.1) is 11.1 Å². The number of carbonyl (C=O) groups is 1. The molecule has 0 spiro atoms. The zero-order chi connectivity index (χ0) is 18.4. The fourth-order valence-electron chi connectivity index (χ4n) is 1.70. The molecule has 2 rings (SSSR count). The molecule has 0 radical (unpaired) electrons. The molecule has 0 bridgehead atoms. The van der Waals surface area contributed by atoms with Gasteiger partial charge in [-0.2, -0.15) is 5.10 Å². The molecule has 0 aliphatic heterocycles. The maximum atomic E-state index is 11.9. The number of non-ortho nitro benzene ring substituents is 1. The lowest BCUT2D eigenvalue weighted by atomic mass is 10.2. The predicted molar refractivity (Wildman–Crippen MR) is 87.4 cm³/mol. The van der Waals surface area contributed by atoms with Crippen molar-refractivity contribution >= 4 is 23.6 Å². The van der Waals surface area contributed by atoms with E-state index in [1.54, 1.807) is 6.07 Å². The summed E-state index contributed by atoms with van der Waals surface area (Å²) in [5.41, 5.74) is 0.995. The summed E-state index contributed by atoms with van der Waals surface area (Å²) in [4.78, 5) is 46.3. The number of nitrogens with zero attached hydrogens (tertiary/aromatic N) is 3. The third kappa shape index (κ3) is 4.82. The van der Waals surface area contributed by atoms with E-state index >= 15 is 0 Å². The van der Waals surface area contributed by atoms with E-state index in [1.165, 1.54) is 31.3 Å². The third-order valence-corrected chi connectivity index (χ3v) is 2.93. The van der Waals surface area contributed by atoms with Crippen LogP contribution in [0.3, 0.4) is 0 Å². The molecule has 0 fully saturated rings. The average molecular weight is 347 g/mol. The van der Waals surface area contributed by atoms with Crippen LogP contribution in [0.4, 0.5) is 11.5 Å². The molecule has 0 aliphatic rings. The summed E-state index contributed by atoms with van der Waals surface area (Å²) in [5.74, 6) is -0.820. The van der Waals surface area contributed by atoms with Gasteiger partial charge >= 0.3 is 5.69 Å². The van der Waals surface area contributed by atoms with Crippen LogP contribution in [0.5, 0.6) is 0 Å². The molecule has 130 valence electrons. The van der Waals surface area contributed by atoms with Crippen molar-refractivity contribution in [1.29, 1.82) is 0 Å². The summed E-state index contributed by atoms with van der Waals surface area (Å²) in [5, 5.41) is 22.4. The van der Waals surface area contributed by atoms with Gasteiger partial charge < -0.3 is 5.32 Å². The second kappa shape index (κ2) is 7.63. The fraction of sp³-hybridized carbons (Fsp3) is 0.154. The maximum Gasteiger partial charge on any atom is 0.342 e. The fourth-order valence-corrected chi connectivity index (χ4v) is 1.70. The first-order chi connectivity index (χ1) is 11.9. The van der Waals surface area contributed by atoms with E-state index in [1.807, 2.05) is 10.1 Å². The lowest BCUT2D eigenvalue weighted by molar-refractivity contribution is -0.384. The Bertz CT molecular complexity index is 933. The SMILES string of the molecule is CC(Nc1n[nH]c(=O)[nH]c1=O)C(=O)N/N=C/c1cccc([N+](=O)[O-])c1. The van der Waals surface area contributed by atoms with Crippen LogP contribution in [-0.4, -0.2) is 38.3 Å². The maximum absolute atomic E-state index is 11.9. The molecule has 0 aliphatic carbocycles. The molecule has 1 atom stereocenters.